The summed E-state index contributed by atoms with van der Waals surface area (Å²) < 4.78 is 14.3. The molecule has 0 fully saturated rings. The van der Waals surface area contributed by atoms with E-state index in [4.69, 9.17) is 8.83 Å². The van der Waals surface area contributed by atoms with Crippen molar-refractivity contribution in [3.05, 3.63) is 158 Å². The highest BCUT2D eigenvalue weighted by Gasteiger charge is 2.16. The number of hydrogen-bond donors (Lipinski definition) is 0. The summed E-state index contributed by atoms with van der Waals surface area (Å²) in [6.45, 7) is 0. The molecule has 0 radical (unpaired) electrons. The molecule has 0 spiro atoms. The van der Waals surface area contributed by atoms with E-state index in [0.717, 1.165) is 56.1 Å². The van der Waals surface area contributed by atoms with Crippen molar-refractivity contribution in [3.63, 3.8) is 0 Å². The number of rotatable bonds is 6. The maximum Gasteiger partial charge on any atom is 0.227 e. The first-order valence-corrected chi connectivity index (χ1v) is 15.2. The quantitative estimate of drug-likeness (QED) is 0.192. The van der Waals surface area contributed by atoms with Crippen LogP contribution in [0.4, 0.5) is 17.1 Å². The van der Waals surface area contributed by atoms with Crippen LogP contribution in [-0.4, -0.2) is 14.5 Å². The highest BCUT2D eigenvalue weighted by Crippen LogP contribution is 2.38. The predicted molar refractivity (Wildman–Crippen MR) is 184 cm³/mol. The third-order valence-corrected chi connectivity index (χ3v) is 8.32. The molecule has 0 amide bonds. The van der Waals surface area contributed by atoms with Crippen LogP contribution in [0.25, 0.3) is 61.7 Å². The molecule has 46 heavy (non-hydrogen) atoms. The van der Waals surface area contributed by atoms with E-state index in [2.05, 4.69) is 129 Å². The summed E-state index contributed by atoms with van der Waals surface area (Å²) in [7, 11) is 0. The molecular formula is C40H26N4O2. The van der Waals surface area contributed by atoms with Crippen LogP contribution in [0, 0.1) is 0 Å². The normalized spacial score (nSPS) is 11.5. The van der Waals surface area contributed by atoms with Crippen molar-refractivity contribution in [3.8, 4) is 28.6 Å². The van der Waals surface area contributed by atoms with E-state index in [1.165, 1.54) is 10.9 Å². The van der Waals surface area contributed by atoms with Gasteiger partial charge in [0.15, 0.2) is 11.2 Å². The van der Waals surface area contributed by atoms with Crippen LogP contribution in [-0.2, 0) is 0 Å². The van der Waals surface area contributed by atoms with E-state index in [1.54, 1.807) is 0 Å². The Labute approximate surface area is 264 Å². The van der Waals surface area contributed by atoms with Crippen LogP contribution < -0.4 is 4.90 Å². The second kappa shape index (κ2) is 10.6. The van der Waals surface area contributed by atoms with E-state index < -0.39 is 0 Å². The first-order chi connectivity index (χ1) is 22.8. The van der Waals surface area contributed by atoms with E-state index in [0.29, 0.717) is 11.8 Å². The maximum atomic E-state index is 6.04. The molecule has 6 heteroatoms. The molecule has 9 aromatic rings. The number of nitrogens with zero attached hydrogens (tertiary/aromatic N) is 4. The van der Waals surface area contributed by atoms with Gasteiger partial charge in [0.2, 0.25) is 11.8 Å². The summed E-state index contributed by atoms with van der Waals surface area (Å²) in [6, 6.07) is 51.5. The van der Waals surface area contributed by atoms with Crippen molar-refractivity contribution in [1.82, 2.24) is 14.5 Å². The van der Waals surface area contributed by atoms with Gasteiger partial charge in [0, 0.05) is 40.1 Å². The summed E-state index contributed by atoms with van der Waals surface area (Å²) in [6.07, 6.45) is 2.12. The Balaban J connectivity index is 1.10. The topological polar surface area (TPSA) is 60.2 Å². The number of anilines is 3. The monoisotopic (exact) mass is 594 g/mol. The second-order valence-corrected chi connectivity index (χ2v) is 11.2. The molecular weight excluding hydrogens is 568 g/mol. The molecule has 6 aromatic carbocycles. The lowest BCUT2D eigenvalue weighted by molar-refractivity contribution is 0.619. The summed E-state index contributed by atoms with van der Waals surface area (Å²) >= 11 is 0. The smallest absolute Gasteiger partial charge is 0.227 e. The fourth-order valence-electron chi connectivity index (χ4n) is 6.02. The minimum absolute atomic E-state index is 0.602. The molecule has 0 aliphatic heterocycles. The average Bonchev–Trinajstić information content (AvgIpc) is 3.86. The Morgan fingerprint density at radius 3 is 1.48 bits per heavy atom. The second-order valence-electron chi connectivity index (χ2n) is 11.2. The number of hydrogen-bond acceptors (Lipinski definition) is 5. The van der Waals surface area contributed by atoms with Gasteiger partial charge in [-0.15, -0.1) is 0 Å². The lowest BCUT2D eigenvalue weighted by atomic mass is 10.1. The number of oxazole rings is 2. The van der Waals surface area contributed by atoms with Crippen molar-refractivity contribution in [1.29, 1.82) is 0 Å². The van der Waals surface area contributed by atoms with Crippen molar-refractivity contribution in [2.75, 3.05) is 4.90 Å². The minimum atomic E-state index is 0.602. The van der Waals surface area contributed by atoms with Gasteiger partial charge in [-0.2, -0.15) is 0 Å². The summed E-state index contributed by atoms with van der Waals surface area (Å²) in [5.74, 6) is 1.20. The van der Waals surface area contributed by atoms with Gasteiger partial charge < -0.3 is 18.3 Å². The molecule has 0 unspecified atom stereocenters. The van der Waals surface area contributed by atoms with Gasteiger partial charge >= 0.3 is 0 Å². The molecule has 6 nitrogen and oxygen atoms in total. The van der Waals surface area contributed by atoms with Crippen molar-refractivity contribution in [2.24, 2.45) is 0 Å². The van der Waals surface area contributed by atoms with E-state index >= 15 is 0 Å². The highest BCUT2D eigenvalue weighted by atomic mass is 16.4. The maximum absolute atomic E-state index is 6.04. The van der Waals surface area contributed by atoms with E-state index in [9.17, 15) is 0 Å². The molecule has 3 aromatic heterocycles. The molecule has 0 bridgehead atoms. The first kappa shape index (κ1) is 26.0. The largest absolute Gasteiger partial charge is 0.436 e. The summed E-state index contributed by atoms with van der Waals surface area (Å²) in [5.41, 5.74) is 10.4. The van der Waals surface area contributed by atoms with E-state index in [1.807, 2.05) is 48.5 Å². The Kier molecular flexibility index (Phi) is 6.03. The third-order valence-electron chi connectivity index (χ3n) is 8.32. The molecule has 0 aliphatic carbocycles. The first-order valence-electron chi connectivity index (χ1n) is 15.2. The van der Waals surface area contributed by atoms with Gasteiger partial charge in [-0.05, 0) is 115 Å². The van der Waals surface area contributed by atoms with Crippen LogP contribution in [0.15, 0.2) is 167 Å². The van der Waals surface area contributed by atoms with Crippen LogP contribution >= 0.6 is 0 Å². The van der Waals surface area contributed by atoms with Gasteiger partial charge in [0.25, 0.3) is 0 Å². The Morgan fingerprint density at radius 2 is 0.935 bits per heavy atom. The van der Waals surface area contributed by atoms with Crippen molar-refractivity contribution < 1.29 is 8.83 Å². The third kappa shape index (κ3) is 4.52. The van der Waals surface area contributed by atoms with Gasteiger partial charge in [0.1, 0.15) is 11.0 Å². The molecule has 0 aliphatic rings. The number of aromatic nitrogens is 3. The van der Waals surface area contributed by atoms with E-state index in [-0.39, 0.29) is 0 Å². The highest BCUT2D eigenvalue weighted by molar-refractivity contribution is 5.84. The molecule has 0 saturated heterocycles. The fourth-order valence-corrected chi connectivity index (χ4v) is 6.02. The Bertz CT molecular complexity index is 2290. The molecule has 9 rings (SSSR count). The van der Waals surface area contributed by atoms with Crippen LogP contribution in [0.3, 0.4) is 0 Å². The Morgan fingerprint density at radius 1 is 0.457 bits per heavy atom. The molecule has 0 N–H and O–H groups in total. The molecule has 0 atom stereocenters. The lowest BCUT2D eigenvalue weighted by Crippen LogP contribution is -2.10. The number of fused-ring (bicyclic) bond motifs is 3. The number of para-hydroxylation sites is 5. The summed E-state index contributed by atoms with van der Waals surface area (Å²) in [5, 5.41) is 1.21. The molecule has 3 heterocycles. The number of benzene rings is 6. The molecule has 0 saturated carbocycles. The Hall–Kier alpha value is -6.40. The van der Waals surface area contributed by atoms with Crippen LogP contribution in [0.1, 0.15) is 0 Å². The van der Waals surface area contributed by atoms with Crippen molar-refractivity contribution in [2.45, 2.75) is 0 Å². The summed E-state index contributed by atoms with van der Waals surface area (Å²) in [4.78, 5) is 11.6. The zero-order valence-electron chi connectivity index (χ0n) is 24.6. The standard InChI is InChI=1S/C40H26N4O2/c1-4-10-36-27(7-1)25-26-43(36)30-21-23-33(24-22-30)44(31-17-13-28(14-18-31)39-41-34-8-2-5-11-37(34)45-39)32-19-15-29(16-20-32)40-42-35-9-3-6-12-38(35)46-40/h1-26H. The average molecular weight is 595 g/mol. The fraction of sp³-hybridized carbons (Fsp3) is 0. The van der Waals surface area contributed by atoms with Gasteiger partial charge in [0.05, 0.1) is 5.52 Å². The lowest BCUT2D eigenvalue weighted by Gasteiger charge is -2.26. The molecule has 218 valence electrons. The van der Waals surface area contributed by atoms with Crippen LogP contribution in [0.5, 0.6) is 0 Å². The predicted octanol–water partition coefficient (Wildman–Crippen LogP) is 10.7. The zero-order valence-corrected chi connectivity index (χ0v) is 24.6. The minimum Gasteiger partial charge on any atom is -0.436 e. The zero-order chi connectivity index (χ0) is 30.5. The van der Waals surface area contributed by atoms with Crippen molar-refractivity contribution >= 4 is 50.2 Å². The van der Waals surface area contributed by atoms with Gasteiger partial charge in [-0.25, -0.2) is 9.97 Å². The van der Waals surface area contributed by atoms with Crippen LogP contribution in [0.2, 0.25) is 0 Å². The SMILES string of the molecule is c1ccc2c(c1)ccn2-c1ccc(N(c2ccc(-c3nc4ccccc4o3)cc2)c2ccc(-c3nc4ccccc4o3)cc2)cc1. The van der Waals surface area contributed by atoms with Gasteiger partial charge in [-0.3, -0.25) is 0 Å². The van der Waals surface area contributed by atoms with Gasteiger partial charge in [-0.1, -0.05) is 42.5 Å².